The monoisotopic (exact) mass is 169 g/mol. The Kier molecular flexibility index (Phi) is 3.84. The topological polar surface area (TPSA) is 45.4 Å². The van der Waals surface area contributed by atoms with Crippen LogP contribution >= 0.6 is 0 Å². The van der Waals surface area contributed by atoms with Crippen LogP contribution in [0.25, 0.3) is 0 Å². The van der Waals surface area contributed by atoms with E-state index in [1.54, 1.807) is 6.26 Å². The second kappa shape index (κ2) is 4.95. The predicted octanol–water partition coefficient (Wildman–Crippen LogP) is 0.924. The normalized spacial score (nSPS) is 10.5. The minimum atomic E-state index is 0.180. The Balaban J connectivity index is 2.39. The summed E-state index contributed by atoms with van der Waals surface area (Å²) in [6.07, 6.45) is 2.62. The fourth-order valence-electron chi connectivity index (χ4n) is 1.14. The summed E-state index contributed by atoms with van der Waals surface area (Å²) < 4.78 is 5.24. The van der Waals surface area contributed by atoms with Crippen molar-refractivity contribution in [2.45, 2.75) is 19.9 Å². The van der Waals surface area contributed by atoms with Gasteiger partial charge in [-0.1, -0.05) is 6.92 Å². The van der Waals surface area contributed by atoms with E-state index in [4.69, 9.17) is 9.52 Å². The van der Waals surface area contributed by atoms with Crippen LogP contribution in [-0.4, -0.2) is 18.3 Å². The summed E-state index contributed by atoms with van der Waals surface area (Å²) in [5.41, 5.74) is 1.19. The van der Waals surface area contributed by atoms with Gasteiger partial charge in [0.1, 0.15) is 5.76 Å². The molecule has 1 aromatic rings. The average molecular weight is 169 g/mol. The van der Waals surface area contributed by atoms with Gasteiger partial charge in [0.2, 0.25) is 0 Å². The van der Waals surface area contributed by atoms with Crippen molar-refractivity contribution in [2.75, 3.05) is 13.2 Å². The molecule has 12 heavy (non-hydrogen) atoms. The zero-order chi connectivity index (χ0) is 8.81. The van der Waals surface area contributed by atoms with Crippen LogP contribution in [-0.2, 0) is 13.0 Å². The highest BCUT2D eigenvalue weighted by molar-refractivity contribution is 5.16. The Labute approximate surface area is 72.4 Å². The standard InChI is InChI=1S/C9H15NO2/c1-2-9-8(3-6-12-9)7-10-4-5-11/h3,6,10-11H,2,4-5,7H2,1H3. The summed E-state index contributed by atoms with van der Waals surface area (Å²) in [4.78, 5) is 0. The number of furan rings is 1. The summed E-state index contributed by atoms with van der Waals surface area (Å²) in [5.74, 6) is 1.03. The lowest BCUT2D eigenvalue weighted by Gasteiger charge is -2.01. The lowest BCUT2D eigenvalue weighted by molar-refractivity contribution is 0.291. The molecule has 0 aliphatic heterocycles. The van der Waals surface area contributed by atoms with Gasteiger partial charge in [-0.05, 0) is 6.07 Å². The molecule has 0 bridgehead atoms. The molecule has 0 aliphatic carbocycles. The van der Waals surface area contributed by atoms with Crippen LogP contribution in [0.2, 0.25) is 0 Å². The molecular weight excluding hydrogens is 154 g/mol. The van der Waals surface area contributed by atoms with Gasteiger partial charge in [-0.15, -0.1) is 0 Å². The second-order valence-corrected chi connectivity index (χ2v) is 2.62. The second-order valence-electron chi connectivity index (χ2n) is 2.62. The molecule has 0 saturated carbocycles. The molecule has 0 saturated heterocycles. The molecule has 0 atom stereocenters. The highest BCUT2D eigenvalue weighted by Crippen LogP contribution is 2.10. The van der Waals surface area contributed by atoms with Gasteiger partial charge >= 0.3 is 0 Å². The fraction of sp³-hybridized carbons (Fsp3) is 0.556. The zero-order valence-electron chi connectivity index (χ0n) is 7.34. The van der Waals surface area contributed by atoms with E-state index in [2.05, 4.69) is 12.2 Å². The average Bonchev–Trinajstić information content (AvgIpc) is 2.52. The van der Waals surface area contributed by atoms with Crippen LogP contribution in [0, 0.1) is 0 Å². The first-order valence-electron chi connectivity index (χ1n) is 4.25. The Hall–Kier alpha value is -0.800. The molecule has 3 nitrogen and oxygen atoms in total. The molecule has 1 heterocycles. The van der Waals surface area contributed by atoms with E-state index in [1.165, 1.54) is 5.56 Å². The highest BCUT2D eigenvalue weighted by atomic mass is 16.3. The molecule has 1 aromatic heterocycles. The lowest BCUT2D eigenvalue weighted by Crippen LogP contribution is -2.17. The quantitative estimate of drug-likeness (QED) is 0.644. The first-order valence-corrected chi connectivity index (χ1v) is 4.25. The van der Waals surface area contributed by atoms with E-state index in [-0.39, 0.29) is 6.61 Å². The molecule has 1 rings (SSSR count). The first kappa shape index (κ1) is 9.29. The maximum absolute atomic E-state index is 8.54. The van der Waals surface area contributed by atoms with Crippen LogP contribution in [0.3, 0.4) is 0 Å². The van der Waals surface area contributed by atoms with E-state index in [0.717, 1.165) is 18.7 Å². The number of aryl methyl sites for hydroxylation is 1. The molecule has 0 aromatic carbocycles. The van der Waals surface area contributed by atoms with Gasteiger partial charge in [-0.2, -0.15) is 0 Å². The Bertz CT molecular complexity index is 220. The van der Waals surface area contributed by atoms with Gasteiger partial charge in [0, 0.05) is 25.1 Å². The number of hydrogen-bond acceptors (Lipinski definition) is 3. The largest absolute Gasteiger partial charge is 0.469 e. The van der Waals surface area contributed by atoms with Crippen LogP contribution in [0.1, 0.15) is 18.2 Å². The third-order valence-corrected chi connectivity index (χ3v) is 1.76. The first-order chi connectivity index (χ1) is 5.88. The van der Waals surface area contributed by atoms with Crippen molar-refractivity contribution in [3.63, 3.8) is 0 Å². The molecular formula is C9H15NO2. The van der Waals surface area contributed by atoms with Gasteiger partial charge in [0.05, 0.1) is 12.9 Å². The number of aliphatic hydroxyl groups is 1. The maximum atomic E-state index is 8.54. The summed E-state index contributed by atoms with van der Waals surface area (Å²) in [5, 5.41) is 11.6. The Morgan fingerprint density at radius 1 is 1.58 bits per heavy atom. The number of nitrogens with one attached hydrogen (secondary N) is 1. The van der Waals surface area contributed by atoms with Crippen molar-refractivity contribution < 1.29 is 9.52 Å². The number of aliphatic hydroxyl groups excluding tert-OH is 1. The minimum Gasteiger partial charge on any atom is -0.469 e. The Morgan fingerprint density at radius 2 is 2.42 bits per heavy atom. The van der Waals surface area contributed by atoms with Gasteiger partial charge in [0.25, 0.3) is 0 Å². The fourth-order valence-corrected chi connectivity index (χ4v) is 1.14. The van der Waals surface area contributed by atoms with Crippen molar-refractivity contribution in [1.82, 2.24) is 5.32 Å². The number of rotatable bonds is 5. The van der Waals surface area contributed by atoms with Crippen molar-refractivity contribution in [3.8, 4) is 0 Å². The summed E-state index contributed by atoms with van der Waals surface area (Å²) in [6, 6.07) is 1.96. The zero-order valence-corrected chi connectivity index (χ0v) is 7.34. The van der Waals surface area contributed by atoms with Crippen molar-refractivity contribution in [2.24, 2.45) is 0 Å². The van der Waals surface area contributed by atoms with Crippen molar-refractivity contribution >= 4 is 0 Å². The van der Waals surface area contributed by atoms with E-state index < -0.39 is 0 Å². The minimum absolute atomic E-state index is 0.180. The van der Waals surface area contributed by atoms with E-state index >= 15 is 0 Å². The molecule has 0 unspecified atom stereocenters. The van der Waals surface area contributed by atoms with E-state index in [0.29, 0.717) is 6.54 Å². The van der Waals surface area contributed by atoms with Gasteiger partial charge < -0.3 is 14.8 Å². The number of hydrogen-bond donors (Lipinski definition) is 2. The van der Waals surface area contributed by atoms with E-state index in [9.17, 15) is 0 Å². The Morgan fingerprint density at radius 3 is 3.08 bits per heavy atom. The molecule has 0 fully saturated rings. The SMILES string of the molecule is CCc1occc1CNCCO. The van der Waals surface area contributed by atoms with Crippen LogP contribution in [0.15, 0.2) is 16.7 Å². The molecule has 0 aliphatic rings. The van der Waals surface area contributed by atoms with Crippen molar-refractivity contribution in [1.29, 1.82) is 0 Å². The van der Waals surface area contributed by atoms with Crippen molar-refractivity contribution in [3.05, 3.63) is 23.7 Å². The summed E-state index contributed by atoms with van der Waals surface area (Å²) in [6.45, 7) is 3.66. The van der Waals surface area contributed by atoms with Crippen LogP contribution in [0.5, 0.6) is 0 Å². The van der Waals surface area contributed by atoms with Gasteiger partial charge in [-0.3, -0.25) is 0 Å². The lowest BCUT2D eigenvalue weighted by atomic mass is 10.2. The van der Waals surface area contributed by atoms with Gasteiger partial charge in [0.15, 0.2) is 0 Å². The third kappa shape index (κ3) is 2.36. The van der Waals surface area contributed by atoms with Crippen LogP contribution < -0.4 is 5.32 Å². The summed E-state index contributed by atoms with van der Waals surface area (Å²) >= 11 is 0. The van der Waals surface area contributed by atoms with Gasteiger partial charge in [-0.25, -0.2) is 0 Å². The third-order valence-electron chi connectivity index (χ3n) is 1.76. The molecule has 0 spiro atoms. The molecule has 0 radical (unpaired) electrons. The summed E-state index contributed by atoms with van der Waals surface area (Å²) in [7, 11) is 0. The predicted molar refractivity (Wildman–Crippen MR) is 46.9 cm³/mol. The van der Waals surface area contributed by atoms with Crippen LogP contribution in [0.4, 0.5) is 0 Å². The molecule has 0 amide bonds. The highest BCUT2D eigenvalue weighted by Gasteiger charge is 2.01. The maximum Gasteiger partial charge on any atom is 0.107 e. The smallest absolute Gasteiger partial charge is 0.107 e. The molecule has 68 valence electrons. The molecule has 2 N–H and O–H groups in total. The van der Waals surface area contributed by atoms with E-state index in [1.807, 2.05) is 6.07 Å². The molecule has 3 heteroatoms.